The molecule has 2 rings (SSSR count). The summed E-state index contributed by atoms with van der Waals surface area (Å²) in [5.74, 6) is 0.0775. The fourth-order valence-electron chi connectivity index (χ4n) is 1.74. The van der Waals surface area contributed by atoms with Crippen LogP contribution in [0.1, 0.15) is 12.5 Å². The van der Waals surface area contributed by atoms with Crippen LogP contribution in [0, 0.1) is 0 Å². The first-order valence-corrected chi connectivity index (χ1v) is 4.50. The lowest BCUT2D eigenvalue weighted by Crippen LogP contribution is -2.31. The number of aliphatic hydroxyl groups excluding tert-OH is 1. The summed E-state index contributed by atoms with van der Waals surface area (Å²) >= 11 is 0. The maximum absolute atomic E-state index is 10.1. The third-order valence-electron chi connectivity index (χ3n) is 2.56. The standard InChI is InChI=1S/C11H13NO2/c1-11(14)7-10(13)12(2)9-6-4-3-5-8(9)11/h3-7,13-14H,1-2H3. The summed E-state index contributed by atoms with van der Waals surface area (Å²) in [6.07, 6.45) is 1.44. The molecule has 0 spiro atoms. The van der Waals surface area contributed by atoms with Gasteiger partial charge in [-0.2, -0.15) is 0 Å². The van der Waals surface area contributed by atoms with Crippen LogP contribution in [-0.2, 0) is 5.60 Å². The Morgan fingerprint density at radius 2 is 1.93 bits per heavy atom. The molecular formula is C11H13NO2. The van der Waals surface area contributed by atoms with Gasteiger partial charge in [-0.25, -0.2) is 0 Å². The predicted octanol–water partition coefficient (Wildman–Crippen LogP) is 1.74. The molecule has 1 aromatic rings. The number of para-hydroxylation sites is 1. The maximum Gasteiger partial charge on any atom is 0.190 e. The second-order valence-electron chi connectivity index (χ2n) is 3.73. The number of anilines is 1. The summed E-state index contributed by atoms with van der Waals surface area (Å²) in [6.45, 7) is 1.66. The first kappa shape index (κ1) is 9.09. The quantitative estimate of drug-likeness (QED) is 0.656. The highest BCUT2D eigenvalue weighted by molar-refractivity contribution is 5.62. The molecule has 0 aromatic heterocycles. The Labute approximate surface area is 82.9 Å². The number of benzene rings is 1. The van der Waals surface area contributed by atoms with Gasteiger partial charge in [0.25, 0.3) is 0 Å². The zero-order valence-corrected chi connectivity index (χ0v) is 8.23. The average molecular weight is 191 g/mol. The summed E-state index contributed by atoms with van der Waals surface area (Å²) in [4.78, 5) is 1.65. The molecule has 3 heteroatoms. The minimum atomic E-state index is -1.09. The zero-order valence-electron chi connectivity index (χ0n) is 8.23. The molecule has 0 amide bonds. The van der Waals surface area contributed by atoms with Crippen molar-refractivity contribution in [2.75, 3.05) is 11.9 Å². The zero-order chi connectivity index (χ0) is 10.3. The molecule has 14 heavy (non-hydrogen) atoms. The molecule has 0 fully saturated rings. The van der Waals surface area contributed by atoms with Crippen LogP contribution in [0.15, 0.2) is 36.2 Å². The first-order valence-electron chi connectivity index (χ1n) is 4.50. The van der Waals surface area contributed by atoms with Crippen molar-refractivity contribution in [3.63, 3.8) is 0 Å². The molecule has 2 N–H and O–H groups in total. The van der Waals surface area contributed by atoms with E-state index < -0.39 is 5.60 Å². The molecule has 1 heterocycles. The van der Waals surface area contributed by atoms with Gasteiger partial charge in [0.1, 0.15) is 5.60 Å². The monoisotopic (exact) mass is 191 g/mol. The lowest BCUT2D eigenvalue weighted by atomic mass is 9.91. The average Bonchev–Trinajstić information content (AvgIpc) is 2.14. The number of rotatable bonds is 0. The molecule has 0 aliphatic carbocycles. The van der Waals surface area contributed by atoms with E-state index in [9.17, 15) is 10.2 Å². The van der Waals surface area contributed by atoms with Gasteiger partial charge in [0.2, 0.25) is 0 Å². The lowest BCUT2D eigenvalue weighted by molar-refractivity contribution is 0.104. The van der Waals surface area contributed by atoms with Crippen molar-refractivity contribution in [1.82, 2.24) is 0 Å². The number of fused-ring (bicyclic) bond motifs is 1. The van der Waals surface area contributed by atoms with Gasteiger partial charge in [-0.15, -0.1) is 0 Å². The fourth-order valence-corrected chi connectivity index (χ4v) is 1.74. The third-order valence-corrected chi connectivity index (χ3v) is 2.56. The highest BCUT2D eigenvalue weighted by Crippen LogP contribution is 2.36. The van der Waals surface area contributed by atoms with Gasteiger partial charge in [-0.05, 0) is 13.0 Å². The van der Waals surface area contributed by atoms with E-state index in [1.54, 1.807) is 18.9 Å². The SMILES string of the molecule is CN1C(O)=CC(C)(O)c2ccccc21. The number of hydrogen-bond donors (Lipinski definition) is 2. The molecule has 0 saturated carbocycles. The molecular weight excluding hydrogens is 178 g/mol. The van der Waals surface area contributed by atoms with Gasteiger partial charge in [0, 0.05) is 24.4 Å². The molecule has 1 unspecified atom stereocenters. The Morgan fingerprint density at radius 1 is 1.29 bits per heavy atom. The Balaban J connectivity index is 2.64. The van der Waals surface area contributed by atoms with Crippen LogP contribution >= 0.6 is 0 Å². The van der Waals surface area contributed by atoms with Crippen LogP contribution in [0.2, 0.25) is 0 Å². The van der Waals surface area contributed by atoms with E-state index in [1.165, 1.54) is 6.08 Å². The predicted molar refractivity (Wildman–Crippen MR) is 55.1 cm³/mol. The second-order valence-corrected chi connectivity index (χ2v) is 3.73. The summed E-state index contributed by atoms with van der Waals surface area (Å²) < 4.78 is 0. The minimum absolute atomic E-state index is 0.0775. The van der Waals surface area contributed by atoms with Crippen molar-refractivity contribution in [2.24, 2.45) is 0 Å². The van der Waals surface area contributed by atoms with Crippen molar-refractivity contribution in [2.45, 2.75) is 12.5 Å². The summed E-state index contributed by atoms with van der Waals surface area (Å²) in [6, 6.07) is 7.48. The van der Waals surface area contributed by atoms with E-state index in [4.69, 9.17) is 0 Å². The Hall–Kier alpha value is -1.48. The largest absolute Gasteiger partial charge is 0.495 e. The van der Waals surface area contributed by atoms with Crippen LogP contribution < -0.4 is 4.90 Å². The second kappa shape index (κ2) is 2.75. The number of aliphatic hydroxyl groups is 2. The van der Waals surface area contributed by atoms with Gasteiger partial charge in [-0.1, -0.05) is 18.2 Å². The molecule has 0 bridgehead atoms. The lowest BCUT2D eigenvalue weighted by Gasteiger charge is -2.33. The summed E-state index contributed by atoms with van der Waals surface area (Å²) in [5, 5.41) is 19.6. The van der Waals surface area contributed by atoms with Crippen LogP contribution in [0.5, 0.6) is 0 Å². The molecule has 3 nitrogen and oxygen atoms in total. The highest BCUT2D eigenvalue weighted by Gasteiger charge is 2.31. The third kappa shape index (κ3) is 1.17. The van der Waals surface area contributed by atoms with E-state index in [2.05, 4.69) is 0 Å². The maximum atomic E-state index is 10.1. The van der Waals surface area contributed by atoms with Gasteiger partial charge in [0.05, 0.1) is 0 Å². The summed E-state index contributed by atoms with van der Waals surface area (Å²) in [5.41, 5.74) is 0.547. The van der Waals surface area contributed by atoms with Crippen molar-refractivity contribution in [1.29, 1.82) is 0 Å². The van der Waals surface area contributed by atoms with E-state index in [0.29, 0.717) is 0 Å². The molecule has 1 aliphatic heterocycles. The van der Waals surface area contributed by atoms with Gasteiger partial charge in [-0.3, -0.25) is 0 Å². The van der Waals surface area contributed by atoms with E-state index in [0.717, 1.165) is 11.3 Å². The first-order chi connectivity index (χ1) is 6.52. The Bertz CT molecular complexity index is 396. The van der Waals surface area contributed by atoms with Crippen LogP contribution in [-0.4, -0.2) is 17.3 Å². The number of nitrogens with zero attached hydrogens (tertiary/aromatic N) is 1. The van der Waals surface area contributed by atoms with Crippen molar-refractivity contribution >= 4 is 5.69 Å². The molecule has 1 aliphatic rings. The number of hydrogen-bond acceptors (Lipinski definition) is 3. The van der Waals surface area contributed by atoms with Crippen LogP contribution in [0.25, 0.3) is 0 Å². The van der Waals surface area contributed by atoms with E-state index in [-0.39, 0.29) is 5.88 Å². The topological polar surface area (TPSA) is 43.7 Å². The van der Waals surface area contributed by atoms with Gasteiger partial charge in [0.15, 0.2) is 5.88 Å². The minimum Gasteiger partial charge on any atom is -0.495 e. The van der Waals surface area contributed by atoms with Crippen molar-refractivity contribution < 1.29 is 10.2 Å². The van der Waals surface area contributed by atoms with Crippen molar-refractivity contribution in [3.8, 4) is 0 Å². The molecule has 1 aromatic carbocycles. The fraction of sp³-hybridized carbons (Fsp3) is 0.273. The van der Waals surface area contributed by atoms with Crippen molar-refractivity contribution in [3.05, 3.63) is 41.8 Å². The molecule has 0 radical (unpaired) electrons. The summed E-state index contributed by atoms with van der Waals surface area (Å²) in [7, 11) is 1.76. The van der Waals surface area contributed by atoms with Gasteiger partial charge < -0.3 is 15.1 Å². The van der Waals surface area contributed by atoms with Crippen LogP contribution in [0.3, 0.4) is 0 Å². The Kier molecular flexibility index (Phi) is 1.79. The molecule has 74 valence electrons. The molecule has 1 atom stereocenters. The Morgan fingerprint density at radius 3 is 2.64 bits per heavy atom. The highest BCUT2D eigenvalue weighted by atomic mass is 16.3. The van der Waals surface area contributed by atoms with E-state index >= 15 is 0 Å². The smallest absolute Gasteiger partial charge is 0.190 e. The van der Waals surface area contributed by atoms with Crippen LogP contribution in [0.4, 0.5) is 5.69 Å². The molecule has 0 saturated heterocycles. The normalized spacial score (nSPS) is 25.6. The van der Waals surface area contributed by atoms with E-state index in [1.807, 2.05) is 24.3 Å². The van der Waals surface area contributed by atoms with Gasteiger partial charge >= 0.3 is 0 Å².